The van der Waals surface area contributed by atoms with Gasteiger partial charge >= 0.3 is 0 Å². The Hall–Kier alpha value is -1.84. The van der Waals surface area contributed by atoms with Crippen LogP contribution in [0.3, 0.4) is 0 Å². The molecule has 2 aromatic carbocycles. The van der Waals surface area contributed by atoms with Crippen LogP contribution in [0.2, 0.25) is 5.02 Å². The average molecular weight is 275 g/mol. The van der Waals surface area contributed by atoms with Crippen molar-refractivity contribution >= 4 is 23.1 Å². The molecule has 0 atom stereocenters. The maximum atomic E-state index is 5.89. The van der Waals surface area contributed by atoms with Crippen LogP contribution < -0.4 is 5.48 Å². The number of amidine groups is 1. The molecule has 0 aliphatic carbocycles. The van der Waals surface area contributed by atoms with Crippen LogP contribution >= 0.6 is 11.6 Å². The molecule has 0 bridgehead atoms. The Morgan fingerprint density at radius 1 is 1.11 bits per heavy atom. The van der Waals surface area contributed by atoms with Crippen LogP contribution in [0, 0.1) is 6.92 Å². The number of para-hydroxylation sites is 1. The van der Waals surface area contributed by atoms with Crippen molar-refractivity contribution in [1.29, 1.82) is 0 Å². The molecule has 0 radical (unpaired) electrons. The first-order valence-electron chi connectivity index (χ1n) is 5.90. The smallest absolute Gasteiger partial charge is 0.157 e. The lowest BCUT2D eigenvalue weighted by molar-refractivity contribution is 0.145. The second kappa shape index (κ2) is 6.36. The van der Waals surface area contributed by atoms with E-state index in [1.807, 2.05) is 55.5 Å². The molecular formula is C15H15ClN2O. The molecule has 0 aliphatic heterocycles. The van der Waals surface area contributed by atoms with Crippen LogP contribution in [-0.2, 0) is 4.84 Å². The van der Waals surface area contributed by atoms with Crippen molar-refractivity contribution in [2.24, 2.45) is 4.99 Å². The van der Waals surface area contributed by atoms with Gasteiger partial charge in [0.2, 0.25) is 0 Å². The molecule has 98 valence electrons. The first-order chi connectivity index (χ1) is 9.20. The molecule has 0 saturated carbocycles. The fourth-order valence-electron chi connectivity index (χ4n) is 1.66. The van der Waals surface area contributed by atoms with E-state index in [2.05, 4.69) is 10.5 Å². The van der Waals surface area contributed by atoms with E-state index in [0.717, 1.165) is 16.8 Å². The van der Waals surface area contributed by atoms with Crippen LogP contribution in [0.15, 0.2) is 53.5 Å². The van der Waals surface area contributed by atoms with Crippen LogP contribution in [0.4, 0.5) is 5.69 Å². The fourth-order valence-corrected chi connectivity index (χ4v) is 1.79. The third-order valence-electron chi connectivity index (χ3n) is 2.66. The Morgan fingerprint density at radius 3 is 2.42 bits per heavy atom. The highest BCUT2D eigenvalue weighted by Crippen LogP contribution is 2.19. The number of aliphatic imine (C=N–C) groups is 1. The van der Waals surface area contributed by atoms with Crippen molar-refractivity contribution in [3.63, 3.8) is 0 Å². The van der Waals surface area contributed by atoms with Crippen LogP contribution in [0.5, 0.6) is 0 Å². The zero-order valence-electron chi connectivity index (χ0n) is 10.9. The molecule has 4 heteroatoms. The normalized spacial score (nSPS) is 11.4. The highest BCUT2D eigenvalue weighted by Gasteiger charge is 2.04. The van der Waals surface area contributed by atoms with Gasteiger partial charge in [-0.2, -0.15) is 0 Å². The molecule has 0 unspecified atom stereocenters. The summed E-state index contributed by atoms with van der Waals surface area (Å²) in [5, 5.41) is 0.691. The Morgan fingerprint density at radius 2 is 1.79 bits per heavy atom. The lowest BCUT2D eigenvalue weighted by atomic mass is 10.2. The summed E-state index contributed by atoms with van der Waals surface area (Å²) >= 11 is 5.89. The van der Waals surface area contributed by atoms with Gasteiger partial charge in [0.15, 0.2) is 5.84 Å². The molecule has 2 aromatic rings. The molecule has 0 amide bonds. The zero-order chi connectivity index (χ0) is 13.7. The Kier molecular flexibility index (Phi) is 4.55. The molecule has 0 heterocycles. The average Bonchev–Trinajstić information content (AvgIpc) is 2.42. The third-order valence-corrected chi connectivity index (χ3v) is 2.92. The fraction of sp³-hybridized carbons (Fsp3) is 0.133. The second-order valence-electron chi connectivity index (χ2n) is 4.06. The SMILES string of the molecule is CONC(=Nc1ccccc1C)c1ccc(Cl)cc1. The summed E-state index contributed by atoms with van der Waals surface area (Å²) in [5.41, 5.74) is 5.72. The lowest BCUT2D eigenvalue weighted by Crippen LogP contribution is -2.22. The topological polar surface area (TPSA) is 33.6 Å². The van der Waals surface area contributed by atoms with E-state index >= 15 is 0 Å². The van der Waals surface area contributed by atoms with Crippen molar-refractivity contribution in [1.82, 2.24) is 5.48 Å². The number of rotatable bonds is 3. The predicted octanol–water partition coefficient (Wildman–Crippen LogP) is 3.88. The van der Waals surface area contributed by atoms with Gasteiger partial charge in [-0.15, -0.1) is 0 Å². The highest BCUT2D eigenvalue weighted by molar-refractivity contribution is 6.30. The monoisotopic (exact) mass is 274 g/mol. The van der Waals surface area contributed by atoms with Crippen LogP contribution in [-0.4, -0.2) is 12.9 Å². The van der Waals surface area contributed by atoms with Gasteiger partial charge in [0, 0.05) is 10.6 Å². The molecule has 0 saturated heterocycles. The standard InChI is InChI=1S/C15H15ClN2O/c1-11-5-3-4-6-14(11)17-15(18-19-2)12-7-9-13(16)10-8-12/h3-10H,1-2H3,(H,17,18). The van der Waals surface area contributed by atoms with Gasteiger partial charge in [-0.05, 0) is 42.8 Å². The maximum Gasteiger partial charge on any atom is 0.157 e. The van der Waals surface area contributed by atoms with E-state index in [-0.39, 0.29) is 0 Å². The van der Waals surface area contributed by atoms with E-state index in [0.29, 0.717) is 10.9 Å². The van der Waals surface area contributed by atoms with Gasteiger partial charge < -0.3 is 0 Å². The maximum absolute atomic E-state index is 5.89. The number of benzene rings is 2. The predicted molar refractivity (Wildman–Crippen MR) is 79.0 cm³/mol. The van der Waals surface area contributed by atoms with Gasteiger partial charge in [0.25, 0.3) is 0 Å². The molecule has 2 rings (SSSR count). The number of nitrogens with zero attached hydrogens (tertiary/aromatic N) is 1. The summed E-state index contributed by atoms with van der Waals surface area (Å²) in [5.74, 6) is 0.647. The van der Waals surface area contributed by atoms with E-state index in [9.17, 15) is 0 Å². The molecule has 0 aliphatic rings. The van der Waals surface area contributed by atoms with Gasteiger partial charge in [-0.25, -0.2) is 10.5 Å². The quantitative estimate of drug-likeness (QED) is 0.524. The van der Waals surface area contributed by atoms with E-state index in [1.165, 1.54) is 0 Å². The number of hydrogen-bond acceptors (Lipinski definition) is 2. The van der Waals surface area contributed by atoms with Crippen LogP contribution in [0.1, 0.15) is 11.1 Å². The molecule has 0 aromatic heterocycles. The van der Waals surface area contributed by atoms with E-state index in [4.69, 9.17) is 16.4 Å². The van der Waals surface area contributed by atoms with Crippen molar-refractivity contribution in [2.45, 2.75) is 6.92 Å². The summed E-state index contributed by atoms with van der Waals surface area (Å²) in [6, 6.07) is 15.4. The molecule has 19 heavy (non-hydrogen) atoms. The Balaban J connectivity index is 2.40. The number of hydrogen-bond donors (Lipinski definition) is 1. The van der Waals surface area contributed by atoms with E-state index in [1.54, 1.807) is 7.11 Å². The Bertz CT molecular complexity index is 579. The third kappa shape index (κ3) is 3.56. The summed E-state index contributed by atoms with van der Waals surface area (Å²) in [4.78, 5) is 9.57. The zero-order valence-corrected chi connectivity index (χ0v) is 11.6. The molecule has 0 fully saturated rings. The molecular weight excluding hydrogens is 260 g/mol. The lowest BCUT2D eigenvalue weighted by Gasteiger charge is -2.09. The summed E-state index contributed by atoms with van der Waals surface area (Å²) in [7, 11) is 1.56. The largest absolute Gasteiger partial charge is 0.278 e. The Labute approximate surface area is 117 Å². The van der Waals surface area contributed by atoms with Gasteiger partial charge in [-0.3, -0.25) is 4.84 Å². The first kappa shape index (κ1) is 13.6. The van der Waals surface area contributed by atoms with Gasteiger partial charge in [0.1, 0.15) is 0 Å². The van der Waals surface area contributed by atoms with Crippen molar-refractivity contribution in [2.75, 3.05) is 7.11 Å². The molecule has 3 nitrogen and oxygen atoms in total. The number of nitrogens with one attached hydrogen (secondary N) is 1. The number of hydroxylamine groups is 1. The second-order valence-corrected chi connectivity index (χ2v) is 4.50. The molecule has 1 N–H and O–H groups in total. The number of aryl methyl sites for hydroxylation is 1. The minimum Gasteiger partial charge on any atom is -0.278 e. The minimum atomic E-state index is 0.647. The summed E-state index contributed by atoms with van der Waals surface area (Å²) in [6.45, 7) is 2.02. The summed E-state index contributed by atoms with van der Waals surface area (Å²) < 4.78 is 0. The van der Waals surface area contributed by atoms with Gasteiger partial charge in [-0.1, -0.05) is 29.8 Å². The van der Waals surface area contributed by atoms with Crippen molar-refractivity contribution < 1.29 is 4.84 Å². The minimum absolute atomic E-state index is 0.647. The first-order valence-corrected chi connectivity index (χ1v) is 6.28. The van der Waals surface area contributed by atoms with E-state index < -0.39 is 0 Å². The van der Waals surface area contributed by atoms with Crippen molar-refractivity contribution in [3.8, 4) is 0 Å². The molecule has 0 spiro atoms. The van der Waals surface area contributed by atoms with Crippen LogP contribution in [0.25, 0.3) is 0 Å². The highest BCUT2D eigenvalue weighted by atomic mass is 35.5. The summed E-state index contributed by atoms with van der Waals surface area (Å²) in [6.07, 6.45) is 0. The van der Waals surface area contributed by atoms with Crippen molar-refractivity contribution in [3.05, 3.63) is 64.7 Å². The number of halogens is 1. The van der Waals surface area contributed by atoms with Gasteiger partial charge in [0.05, 0.1) is 12.8 Å².